The molecule has 6 nitrogen and oxygen atoms in total. The van der Waals surface area contributed by atoms with Crippen molar-refractivity contribution in [1.29, 1.82) is 0 Å². The third-order valence-corrected chi connectivity index (χ3v) is 6.51. The number of thiocarbonyl (C=S) groups is 1. The van der Waals surface area contributed by atoms with Crippen LogP contribution < -0.4 is 14.9 Å². The Morgan fingerprint density at radius 2 is 2.00 bits per heavy atom. The number of amides is 2. The topological polar surface area (TPSA) is 67.9 Å². The minimum Gasteiger partial charge on any atom is -0.493 e. The van der Waals surface area contributed by atoms with Crippen molar-refractivity contribution < 1.29 is 19.1 Å². The molecule has 0 saturated carbocycles. The van der Waals surface area contributed by atoms with Crippen LogP contribution in [0, 0.1) is 6.92 Å². The van der Waals surface area contributed by atoms with Gasteiger partial charge in [0.05, 0.1) is 23.1 Å². The van der Waals surface area contributed by atoms with E-state index in [-0.39, 0.29) is 10.2 Å². The van der Waals surface area contributed by atoms with Crippen LogP contribution >= 0.6 is 39.9 Å². The van der Waals surface area contributed by atoms with Gasteiger partial charge in [-0.05, 0) is 77.4 Å². The molecule has 1 heterocycles. The number of thioether (sulfide) groups is 1. The second-order valence-corrected chi connectivity index (χ2v) is 9.59. The molecule has 0 atom stereocenters. The number of hydrogen-bond donors (Lipinski definition) is 1. The Bertz CT molecular complexity index is 1070. The van der Waals surface area contributed by atoms with Gasteiger partial charge in [-0.25, -0.2) is 0 Å². The molecule has 1 N–H and O–H groups in total. The molecule has 1 fully saturated rings. The molecule has 0 unspecified atom stereocenters. The molecule has 1 aliphatic heterocycles. The van der Waals surface area contributed by atoms with Gasteiger partial charge in [-0.1, -0.05) is 42.8 Å². The molecule has 1 aliphatic rings. The first-order valence-electron chi connectivity index (χ1n) is 10.00. The van der Waals surface area contributed by atoms with E-state index >= 15 is 0 Å². The zero-order valence-electron chi connectivity index (χ0n) is 17.9. The highest BCUT2D eigenvalue weighted by molar-refractivity contribution is 9.10. The van der Waals surface area contributed by atoms with Crippen LogP contribution in [0.3, 0.4) is 0 Å². The summed E-state index contributed by atoms with van der Waals surface area (Å²) >= 11 is 9.96. The molecule has 2 aromatic carbocycles. The number of carbonyl (C=O) groups is 2. The molecule has 1 saturated heterocycles. The lowest BCUT2D eigenvalue weighted by molar-refractivity contribution is -0.123. The van der Waals surface area contributed by atoms with Crippen LogP contribution in [0.5, 0.6) is 11.5 Å². The van der Waals surface area contributed by atoms with Crippen LogP contribution in [0.2, 0.25) is 0 Å². The molecule has 0 bridgehead atoms. The Morgan fingerprint density at radius 3 is 2.66 bits per heavy atom. The van der Waals surface area contributed by atoms with Gasteiger partial charge in [0.25, 0.3) is 11.8 Å². The number of ether oxygens (including phenoxy) is 2. The Hall–Kier alpha value is -2.36. The first-order valence-corrected chi connectivity index (χ1v) is 12.0. The number of halogens is 1. The highest BCUT2D eigenvalue weighted by Crippen LogP contribution is 2.39. The van der Waals surface area contributed by atoms with Crippen molar-refractivity contribution in [3.8, 4) is 11.5 Å². The van der Waals surface area contributed by atoms with Crippen molar-refractivity contribution in [2.75, 3.05) is 13.7 Å². The van der Waals surface area contributed by atoms with Crippen molar-refractivity contribution in [3.63, 3.8) is 0 Å². The first kappa shape index (κ1) is 24.3. The molecule has 32 heavy (non-hydrogen) atoms. The lowest BCUT2D eigenvalue weighted by Crippen LogP contribution is -2.44. The van der Waals surface area contributed by atoms with E-state index in [1.54, 1.807) is 31.4 Å². The second-order valence-electron chi connectivity index (χ2n) is 7.06. The molecular formula is C23H23BrN2O4S2. The fraction of sp³-hybridized carbons (Fsp3) is 0.261. The summed E-state index contributed by atoms with van der Waals surface area (Å²) in [7, 11) is 1.57. The fourth-order valence-corrected chi connectivity index (χ4v) is 4.62. The third kappa shape index (κ3) is 5.70. The summed E-state index contributed by atoms with van der Waals surface area (Å²) in [5.41, 5.74) is 4.81. The fourth-order valence-electron chi connectivity index (χ4n) is 2.87. The SMILES string of the molecule is CCCCOc1c(Br)cc(/C=C2\SC(=S)N(NC(=O)c3ccc(C)cc3)C2=O)cc1OC. The van der Waals surface area contributed by atoms with Gasteiger partial charge in [0.2, 0.25) is 0 Å². The molecule has 0 aromatic heterocycles. The Balaban J connectivity index is 1.78. The number of unbranched alkanes of at least 4 members (excludes halogenated alkanes) is 1. The molecule has 0 aliphatic carbocycles. The van der Waals surface area contributed by atoms with Gasteiger partial charge in [0, 0.05) is 5.56 Å². The number of hydrogen-bond acceptors (Lipinski definition) is 6. The van der Waals surface area contributed by atoms with Crippen molar-refractivity contribution in [1.82, 2.24) is 10.4 Å². The van der Waals surface area contributed by atoms with Crippen molar-refractivity contribution >= 4 is 62.1 Å². The summed E-state index contributed by atoms with van der Waals surface area (Å²) in [5, 5.41) is 1.10. The highest BCUT2D eigenvalue weighted by atomic mass is 79.9. The van der Waals surface area contributed by atoms with E-state index in [0.29, 0.717) is 28.6 Å². The van der Waals surface area contributed by atoms with E-state index in [4.69, 9.17) is 21.7 Å². The van der Waals surface area contributed by atoms with Crippen LogP contribution in [-0.4, -0.2) is 34.9 Å². The van der Waals surface area contributed by atoms with Crippen LogP contribution in [0.25, 0.3) is 6.08 Å². The largest absolute Gasteiger partial charge is 0.493 e. The lowest BCUT2D eigenvalue weighted by Gasteiger charge is -2.15. The van der Waals surface area contributed by atoms with Gasteiger partial charge in [-0.3, -0.25) is 15.0 Å². The minimum atomic E-state index is -0.402. The van der Waals surface area contributed by atoms with Gasteiger partial charge in [0.1, 0.15) is 0 Å². The number of carbonyl (C=O) groups excluding carboxylic acids is 2. The average Bonchev–Trinajstić information content (AvgIpc) is 3.02. The Morgan fingerprint density at radius 1 is 1.28 bits per heavy atom. The number of benzene rings is 2. The van der Waals surface area contributed by atoms with E-state index in [2.05, 4.69) is 28.3 Å². The number of nitrogens with one attached hydrogen (secondary N) is 1. The quantitative estimate of drug-likeness (QED) is 0.274. The van der Waals surface area contributed by atoms with Crippen LogP contribution in [0.4, 0.5) is 0 Å². The highest BCUT2D eigenvalue weighted by Gasteiger charge is 2.34. The minimum absolute atomic E-state index is 0.257. The Labute approximate surface area is 205 Å². The zero-order valence-corrected chi connectivity index (χ0v) is 21.2. The predicted octanol–water partition coefficient (Wildman–Crippen LogP) is 5.49. The smallest absolute Gasteiger partial charge is 0.285 e. The van der Waals surface area contributed by atoms with E-state index in [1.807, 2.05) is 25.1 Å². The number of rotatable bonds is 8. The average molecular weight is 535 g/mol. The number of hydrazine groups is 1. The van der Waals surface area contributed by atoms with Gasteiger partial charge in [0.15, 0.2) is 15.8 Å². The summed E-state index contributed by atoms with van der Waals surface area (Å²) in [4.78, 5) is 25.8. The molecule has 0 radical (unpaired) electrons. The van der Waals surface area contributed by atoms with E-state index < -0.39 is 5.91 Å². The van der Waals surface area contributed by atoms with Gasteiger partial charge in [-0.2, -0.15) is 5.01 Å². The predicted molar refractivity (Wildman–Crippen MR) is 135 cm³/mol. The Kier molecular flexibility index (Phi) is 8.33. The summed E-state index contributed by atoms with van der Waals surface area (Å²) in [6.45, 7) is 4.62. The first-order chi connectivity index (χ1) is 15.3. The van der Waals surface area contributed by atoms with Crippen LogP contribution in [0.15, 0.2) is 45.8 Å². The van der Waals surface area contributed by atoms with Crippen molar-refractivity contribution in [2.24, 2.45) is 0 Å². The number of methoxy groups -OCH3 is 1. The summed E-state index contributed by atoms with van der Waals surface area (Å²) in [6, 6.07) is 10.7. The molecule has 168 valence electrons. The van der Waals surface area contributed by atoms with Gasteiger partial charge in [-0.15, -0.1) is 0 Å². The maximum Gasteiger partial charge on any atom is 0.285 e. The molecular weight excluding hydrogens is 512 g/mol. The maximum atomic E-state index is 12.9. The summed E-state index contributed by atoms with van der Waals surface area (Å²) < 4.78 is 12.3. The van der Waals surface area contributed by atoms with Crippen LogP contribution in [-0.2, 0) is 4.79 Å². The van der Waals surface area contributed by atoms with Gasteiger partial charge >= 0.3 is 0 Å². The summed E-state index contributed by atoms with van der Waals surface area (Å²) in [5.74, 6) is 0.389. The van der Waals surface area contributed by atoms with Crippen LogP contribution in [0.1, 0.15) is 41.3 Å². The maximum absolute atomic E-state index is 12.9. The normalized spacial score (nSPS) is 14.8. The molecule has 2 amide bonds. The molecule has 0 spiro atoms. The number of aryl methyl sites for hydroxylation is 1. The van der Waals surface area contributed by atoms with Crippen molar-refractivity contribution in [3.05, 3.63) is 62.5 Å². The van der Waals surface area contributed by atoms with E-state index in [9.17, 15) is 9.59 Å². The molecule has 9 heteroatoms. The summed E-state index contributed by atoms with van der Waals surface area (Å²) in [6.07, 6.45) is 3.68. The van der Waals surface area contributed by atoms with Gasteiger partial charge < -0.3 is 9.47 Å². The van der Waals surface area contributed by atoms with Crippen molar-refractivity contribution in [2.45, 2.75) is 26.7 Å². The standard InChI is InChI=1S/C23H23BrN2O4S2/c1-4-5-10-30-20-17(24)11-15(12-18(20)29-3)13-19-22(28)26(23(31)32-19)25-21(27)16-8-6-14(2)7-9-16/h6-9,11-13H,4-5,10H2,1-3H3,(H,25,27)/b19-13-. The molecule has 3 rings (SSSR count). The van der Waals surface area contributed by atoms with E-state index in [1.165, 1.54) is 0 Å². The third-order valence-electron chi connectivity index (χ3n) is 4.61. The lowest BCUT2D eigenvalue weighted by atomic mass is 10.1. The molecule has 2 aromatic rings. The monoisotopic (exact) mass is 534 g/mol. The second kappa shape index (κ2) is 11.0. The zero-order chi connectivity index (χ0) is 23.3. The van der Waals surface area contributed by atoms with E-state index in [0.717, 1.165) is 45.2 Å². The number of nitrogens with zero attached hydrogens (tertiary/aromatic N) is 1.